The Kier molecular flexibility index (Phi) is 8.37. The maximum atomic E-state index is 13.3. The number of cyclic esters (lactones) is 1. The average Bonchev–Trinajstić information content (AvgIpc) is 2.76. The molecule has 3 aliphatic rings. The number of hydrogen-bond acceptors (Lipinski definition) is 5. The molecule has 1 aliphatic heterocycles. The van der Waals surface area contributed by atoms with Crippen molar-refractivity contribution in [1.82, 2.24) is 0 Å². The van der Waals surface area contributed by atoms with E-state index in [1.165, 1.54) is 5.57 Å². The molecule has 3 rings (SSSR count). The first-order valence-corrected chi connectivity index (χ1v) is 12.4. The van der Waals surface area contributed by atoms with Crippen molar-refractivity contribution in [1.29, 1.82) is 0 Å². The minimum absolute atomic E-state index is 0.0912. The van der Waals surface area contributed by atoms with Gasteiger partial charge in [-0.15, -0.1) is 6.58 Å². The zero-order valence-electron chi connectivity index (χ0n) is 19.9. The molecule has 0 saturated carbocycles. The Morgan fingerprint density at radius 1 is 1.34 bits per heavy atom. The third-order valence-corrected chi connectivity index (χ3v) is 7.98. The highest BCUT2D eigenvalue weighted by molar-refractivity contribution is 5.77. The summed E-state index contributed by atoms with van der Waals surface area (Å²) in [6.07, 6.45) is 13.6. The van der Waals surface area contributed by atoms with Crippen molar-refractivity contribution in [2.75, 3.05) is 0 Å². The highest BCUT2D eigenvalue weighted by atomic mass is 16.6. The molecule has 2 aliphatic carbocycles. The second kappa shape index (κ2) is 10.8. The van der Waals surface area contributed by atoms with Crippen LogP contribution in [0.2, 0.25) is 0 Å². The first kappa shape index (κ1) is 24.8. The van der Waals surface area contributed by atoms with E-state index in [2.05, 4.69) is 45.6 Å². The largest absolute Gasteiger partial charge is 0.462 e. The first-order valence-electron chi connectivity index (χ1n) is 12.4. The van der Waals surface area contributed by atoms with Gasteiger partial charge in [0.2, 0.25) is 0 Å². The van der Waals surface area contributed by atoms with Gasteiger partial charge in [-0.1, -0.05) is 45.1 Å². The fourth-order valence-corrected chi connectivity index (χ4v) is 5.82. The molecule has 0 aromatic heterocycles. The lowest BCUT2D eigenvalue weighted by Gasteiger charge is -2.43. The Hall–Kier alpha value is -1.88. The zero-order chi connectivity index (χ0) is 23.3. The van der Waals surface area contributed by atoms with Crippen molar-refractivity contribution in [3.05, 3.63) is 36.5 Å². The van der Waals surface area contributed by atoms with Crippen molar-refractivity contribution in [3.63, 3.8) is 0 Å². The Balaban J connectivity index is 1.75. The van der Waals surface area contributed by atoms with Gasteiger partial charge >= 0.3 is 11.9 Å². The molecule has 6 atom stereocenters. The number of fused-ring (bicyclic) bond motifs is 1. The van der Waals surface area contributed by atoms with E-state index in [-0.39, 0.29) is 36.5 Å². The van der Waals surface area contributed by atoms with Crippen LogP contribution in [0.15, 0.2) is 36.5 Å². The lowest BCUT2D eigenvalue weighted by atomic mass is 9.66. The van der Waals surface area contributed by atoms with Gasteiger partial charge in [0, 0.05) is 12.3 Å². The van der Waals surface area contributed by atoms with Gasteiger partial charge < -0.3 is 14.6 Å². The maximum Gasteiger partial charge on any atom is 0.312 e. The maximum absolute atomic E-state index is 13.3. The van der Waals surface area contributed by atoms with Gasteiger partial charge in [-0.3, -0.25) is 9.59 Å². The molecule has 0 bridgehead atoms. The lowest BCUT2D eigenvalue weighted by molar-refractivity contribution is -0.167. The lowest BCUT2D eigenvalue weighted by Crippen LogP contribution is -2.43. The van der Waals surface area contributed by atoms with Crippen LogP contribution in [0.1, 0.15) is 78.6 Å². The molecule has 0 unspecified atom stereocenters. The van der Waals surface area contributed by atoms with Crippen LogP contribution in [0.4, 0.5) is 0 Å². The highest BCUT2D eigenvalue weighted by Crippen LogP contribution is 2.45. The quantitative estimate of drug-likeness (QED) is 0.387. The van der Waals surface area contributed by atoms with Crippen molar-refractivity contribution < 1.29 is 24.2 Å². The molecule has 1 saturated heterocycles. The summed E-state index contributed by atoms with van der Waals surface area (Å²) in [7, 11) is 0. The van der Waals surface area contributed by atoms with Gasteiger partial charge in [0.15, 0.2) is 0 Å². The Morgan fingerprint density at radius 2 is 2.09 bits per heavy atom. The van der Waals surface area contributed by atoms with Crippen LogP contribution in [0, 0.1) is 23.2 Å². The number of hydrogen-bond donors (Lipinski definition) is 1. The smallest absolute Gasteiger partial charge is 0.312 e. The van der Waals surface area contributed by atoms with Gasteiger partial charge in [-0.25, -0.2) is 0 Å². The van der Waals surface area contributed by atoms with E-state index in [0.29, 0.717) is 24.7 Å². The fourth-order valence-electron chi connectivity index (χ4n) is 5.82. The SMILES string of the molecule is C=CCC(CC)(CC)C(=O)O[C@H]1CCC=C2C=C[C@H](C)[C@H](CC[C@@H]3C[C@@H](O)CC(=O)O3)[C@H]21. The third-order valence-electron chi connectivity index (χ3n) is 7.98. The van der Waals surface area contributed by atoms with E-state index in [4.69, 9.17) is 9.47 Å². The van der Waals surface area contributed by atoms with E-state index in [0.717, 1.165) is 38.5 Å². The summed E-state index contributed by atoms with van der Waals surface area (Å²) in [6.45, 7) is 10.2. The molecule has 32 heavy (non-hydrogen) atoms. The standard InChI is InChI=1S/C27H40O5/c1-5-15-27(6-2,7-3)26(30)32-23-10-8-9-19-12-11-18(4)22(25(19)23)14-13-21-16-20(28)17-24(29)31-21/h5,9,11-12,18,20-23,25,28H,1,6-8,10,13-17H2,2-4H3/t18-,20+,21+,22-,23-,25-/m0/s1. The summed E-state index contributed by atoms with van der Waals surface area (Å²) in [5.74, 6) is 0.397. The topological polar surface area (TPSA) is 72.8 Å². The normalized spacial score (nSPS) is 32.5. The number of allylic oxidation sites excluding steroid dienone is 4. The van der Waals surface area contributed by atoms with E-state index in [9.17, 15) is 14.7 Å². The van der Waals surface area contributed by atoms with Crippen molar-refractivity contribution >= 4 is 11.9 Å². The van der Waals surface area contributed by atoms with Crippen LogP contribution in [0.25, 0.3) is 0 Å². The Labute approximate surface area is 192 Å². The van der Waals surface area contributed by atoms with E-state index in [1.807, 2.05) is 6.08 Å². The molecule has 0 aromatic carbocycles. The summed E-state index contributed by atoms with van der Waals surface area (Å²) in [6, 6.07) is 0. The number of esters is 2. The number of carbonyl (C=O) groups is 2. The number of rotatable bonds is 9. The van der Waals surface area contributed by atoms with Crippen LogP contribution in [-0.4, -0.2) is 35.4 Å². The van der Waals surface area contributed by atoms with E-state index < -0.39 is 11.5 Å². The Bertz CT molecular complexity index is 747. The van der Waals surface area contributed by atoms with Crippen molar-refractivity contribution in [3.8, 4) is 0 Å². The summed E-state index contributed by atoms with van der Waals surface area (Å²) < 4.78 is 11.8. The molecule has 0 aromatic rings. The Morgan fingerprint density at radius 3 is 2.75 bits per heavy atom. The molecule has 1 N–H and O–H groups in total. The summed E-state index contributed by atoms with van der Waals surface area (Å²) in [5.41, 5.74) is 0.765. The molecular formula is C27H40O5. The second-order valence-corrected chi connectivity index (χ2v) is 9.90. The van der Waals surface area contributed by atoms with Crippen LogP contribution in [-0.2, 0) is 19.1 Å². The average molecular weight is 445 g/mol. The van der Waals surface area contributed by atoms with Crippen molar-refractivity contribution in [2.45, 2.75) is 96.9 Å². The molecule has 5 nitrogen and oxygen atoms in total. The number of aliphatic hydroxyl groups excluding tert-OH is 1. The monoisotopic (exact) mass is 444 g/mol. The van der Waals surface area contributed by atoms with Gasteiger partial charge in [0.1, 0.15) is 12.2 Å². The van der Waals surface area contributed by atoms with Gasteiger partial charge in [0.25, 0.3) is 0 Å². The van der Waals surface area contributed by atoms with Crippen LogP contribution < -0.4 is 0 Å². The first-order chi connectivity index (χ1) is 15.3. The summed E-state index contributed by atoms with van der Waals surface area (Å²) in [5, 5.41) is 9.95. The van der Waals surface area contributed by atoms with Crippen LogP contribution >= 0.6 is 0 Å². The molecule has 0 radical (unpaired) electrons. The second-order valence-electron chi connectivity index (χ2n) is 9.90. The molecule has 0 amide bonds. The predicted octanol–water partition coefficient (Wildman–Crippen LogP) is 5.29. The van der Waals surface area contributed by atoms with Crippen LogP contribution in [0.5, 0.6) is 0 Å². The minimum Gasteiger partial charge on any atom is -0.462 e. The van der Waals surface area contributed by atoms with Crippen LogP contribution in [0.3, 0.4) is 0 Å². The van der Waals surface area contributed by atoms with Gasteiger partial charge in [-0.05, 0) is 62.4 Å². The van der Waals surface area contributed by atoms with Gasteiger partial charge in [0.05, 0.1) is 17.9 Å². The molecule has 1 heterocycles. The highest BCUT2D eigenvalue weighted by Gasteiger charge is 2.43. The van der Waals surface area contributed by atoms with Crippen molar-refractivity contribution in [2.24, 2.45) is 23.2 Å². The molecule has 1 fully saturated rings. The third kappa shape index (κ3) is 5.36. The number of carbonyl (C=O) groups excluding carboxylic acids is 2. The number of aliphatic hydroxyl groups is 1. The molecule has 0 spiro atoms. The van der Waals surface area contributed by atoms with E-state index in [1.54, 1.807) is 0 Å². The summed E-state index contributed by atoms with van der Waals surface area (Å²) >= 11 is 0. The number of ether oxygens (including phenoxy) is 2. The van der Waals surface area contributed by atoms with Gasteiger partial charge in [-0.2, -0.15) is 0 Å². The minimum atomic E-state index is -0.607. The molecular weight excluding hydrogens is 404 g/mol. The predicted molar refractivity (Wildman–Crippen MR) is 125 cm³/mol. The zero-order valence-corrected chi connectivity index (χ0v) is 19.9. The summed E-state index contributed by atoms with van der Waals surface area (Å²) in [4.78, 5) is 25.1. The molecule has 5 heteroatoms. The molecule has 178 valence electrons. The fraction of sp³-hybridized carbons (Fsp3) is 0.704. The van der Waals surface area contributed by atoms with E-state index >= 15 is 0 Å².